The van der Waals surface area contributed by atoms with Crippen LogP contribution >= 0.6 is 0 Å². The molecule has 3 rings (SSSR count). The number of sulfonamides is 1. The maximum absolute atomic E-state index is 12.8. The van der Waals surface area contributed by atoms with Gasteiger partial charge in [-0.15, -0.1) is 0 Å². The van der Waals surface area contributed by atoms with Crippen LogP contribution in [0.1, 0.15) is 34.3 Å². The van der Waals surface area contributed by atoms with E-state index in [0.717, 1.165) is 6.42 Å². The van der Waals surface area contributed by atoms with E-state index >= 15 is 0 Å². The number of anilines is 1. The molecule has 0 spiro atoms. The number of ether oxygens (including phenoxy) is 2. The average Bonchev–Trinajstić information content (AvgIpc) is 3.17. The van der Waals surface area contributed by atoms with Gasteiger partial charge < -0.3 is 14.4 Å². The van der Waals surface area contributed by atoms with Crippen LogP contribution in [0.25, 0.3) is 0 Å². The summed E-state index contributed by atoms with van der Waals surface area (Å²) in [6, 6.07) is 9.65. The van der Waals surface area contributed by atoms with Crippen LogP contribution in [-0.2, 0) is 26.1 Å². The van der Waals surface area contributed by atoms with E-state index < -0.39 is 16.0 Å². The first kappa shape index (κ1) is 21.8. The van der Waals surface area contributed by atoms with Crippen molar-refractivity contribution in [3.8, 4) is 5.75 Å². The number of esters is 1. The molecule has 0 saturated carbocycles. The van der Waals surface area contributed by atoms with Crippen molar-refractivity contribution in [2.24, 2.45) is 0 Å². The minimum Gasteiger partial charge on any atom is -0.496 e. The standard InChI is InChI=1S/C21H24N2O6S/c1-14-11-16(23-10-4-5-20(23)24)7-9-19(14)30(26,27)22-13-15-6-8-18(28-2)17(12-15)21(25)29-3/h6-9,11-12,22H,4-5,10,13H2,1-3H3. The van der Waals surface area contributed by atoms with E-state index in [1.807, 2.05) is 0 Å². The first-order valence-electron chi connectivity index (χ1n) is 9.42. The summed E-state index contributed by atoms with van der Waals surface area (Å²) in [5, 5.41) is 0. The molecule has 0 radical (unpaired) electrons. The van der Waals surface area contributed by atoms with E-state index in [1.54, 1.807) is 36.1 Å². The van der Waals surface area contributed by atoms with Crippen molar-refractivity contribution >= 4 is 27.6 Å². The molecule has 8 nitrogen and oxygen atoms in total. The lowest BCUT2D eigenvalue weighted by molar-refractivity contribution is -0.117. The van der Waals surface area contributed by atoms with Gasteiger partial charge in [-0.2, -0.15) is 0 Å². The number of amides is 1. The van der Waals surface area contributed by atoms with E-state index in [9.17, 15) is 18.0 Å². The largest absolute Gasteiger partial charge is 0.496 e. The SMILES string of the molecule is COC(=O)c1cc(CNS(=O)(=O)c2ccc(N3CCCC3=O)cc2C)ccc1OC. The van der Waals surface area contributed by atoms with Crippen LogP contribution in [0, 0.1) is 6.92 Å². The fourth-order valence-electron chi connectivity index (χ4n) is 3.41. The number of nitrogens with one attached hydrogen (secondary N) is 1. The molecule has 160 valence electrons. The van der Waals surface area contributed by atoms with Gasteiger partial charge in [0.1, 0.15) is 11.3 Å². The highest BCUT2D eigenvalue weighted by Crippen LogP contribution is 2.26. The molecule has 0 atom stereocenters. The molecule has 1 saturated heterocycles. The van der Waals surface area contributed by atoms with E-state index in [4.69, 9.17) is 9.47 Å². The van der Waals surface area contributed by atoms with Gasteiger partial charge in [0.25, 0.3) is 0 Å². The van der Waals surface area contributed by atoms with E-state index in [0.29, 0.717) is 35.5 Å². The van der Waals surface area contributed by atoms with Crippen molar-refractivity contribution in [1.82, 2.24) is 4.72 Å². The molecule has 0 bridgehead atoms. The molecule has 1 heterocycles. The Bertz CT molecular complexity index is 1080. The van der Waals surface area contributed by atoms with Crippen molar-refractivity contribution in [2.45, 2.75) is 31.2 Å². The summed E-state index contributed by atoms with van der Waals surface area (Å²) in [4.78, 5) is 25.6. The van der Waals surface area contributed by atoms with Crippen LogP contribution in [0.3, 0.4) is 0 Å². The lowest BCUT2D eigenvalue weighted by atomic mass is 10.1. The van der Waals surface area contributed by atoms with Crippen LogP contribution in [0.2, 0.25) is 0 Å². The van der Waals surface area contributed by atoms with Gasteiger partial charge in [0.2, 0.25) is 15.9 Å². The third-order valence-corrected chi connectivity index (χ3v) is 6.53. The summed E-state index contributed by atoms with van der Waals surface area (Å²) in [6.45, 7) is 2.33. The number of hydrogen-bond donors (Lipinski definition) is 1. The Kier molecular flexibility index (Phi) is 6.42. The first-order valence-corrected chi connectivity index (χ1v) is 10.9. The molecular formula is C21H24N2O6S. The van der Waals surface area contributed by atoms with Crippen LogP contribution in [0.15, 0.2) is 41.3 Å². The molecule has 2 aromatic rings. The van der Waals surface area contributed by atoms with Gasteiger partial charge in [-0.3, -0.25) is 4.79 Å². The summed E-state index contributed by atoms with van der Waals surface area (Å²) in [5.74, 6) is -0.181. The molecule has 9 heteroatoms. The lowest BCUT2D eigenvalue weighted by Crippen LogP contribution is -2.26. The maximum Gasteiger partial charge on any atom is 0.341 e. The van der Waals surface area contributed by atoms with Gasteiger partial charge in [-0.1, -0.05) is 6.07 Å². The number of benzene rings is 2. The number of aryl methyl sites for hydroxylation is 1. The van der Waals surface area contributed by atoms with Gasteiger partial charge in [0.05, 0.1) is 19.1 Å². The Hall–Kier alpha value is -2.91. The van der Waals surface area contributed by atoms with Gasteiger partial charge in [-0.25, -0.2) is 17.9 Å². The topological polar surface area (TPSA) is 102 Å². The normalized spacial score (nSPS) is 14.1. The van der Waals surface area contributed by atoms with Crippen molar-refractivity contribution in [3.05, 3.63) is 53.1 Å². The highest BCUT2D eigenvalue weighted by atomic mass is 32.2. The summed E-state index contributed by atoms with van der Waals surface area (Å²) in [7, 11) is -1.10. The predicted octanol–water partition coefficient (Wildman–Crippen LogP) is 2.40. The van der Waals surface area contributed by atoms with Crippen molar-refractivity contribution < 1.29 is 27.5 Å². The smallest absolute Gasteiger partial charge is 0.341 e. The second-order valence-corrected chi connectivity index (χ2v) is 8.68. The summed E-state index contributed by atoms with van der Waals surface area (Å²) >= 11 is 0. The highest BCUT2D eigenvalue weighted by molar-refractivity contribution is 7.89. The zero-order valence-electron chi connectivity index (χ0n) is 17.1. The van der Waals surface area contributed by atoms with Gasteiger partial charge in [0, 0.05) is 25.2 Å². The Labute approximate surface area is 175 Å². The van der Waals surface area contributed by atoms with Crippen LogP contribution in [0.4, 0.5) is 5.69 Å². The van der Waals surface area contributed by atoms with Crippen LogP contribution < -0.4 is 14.4 Å². The molecule has 1 amide bonds. The lowest BCUT2D eigenvalue weighted by Gasteiger charge is -2.18. The third kappa shape index (κ3) is 4.47. The quantitative estimate of drug-likeness (QED) is 0.674. The Morgan fingerprint density at radius 3 is 2.53 bits per heavy atom. The number of carbonyl (C=O) groups is 2. The van der Waals surface area contributed by atoms with Gasteiger partial charge in [-0.05, 0) is 54.8 Å². The molecular weight excluding hydrogens is 408 g/mol. The molecule has 30 heavy (non-hydrogen) atoms. The van der Waals surface area contributed by atoms with Crippen LogP contribution in [0.5, 0.6) is 5.75 Å². The second-order valence-electron chi connectivity index (χ2n) is 6.95. The molecule has 1 fully saturated rings. The molecule has 0 aromatic heterocycles. The minimum atomic E-state index is -3.80. The number of carbonyl (C=O) groups excluding carboxylic acids is 2. The molecule has 0 unspecified atom stereocenters. The molecule has 1 N–H and O–H groups in total. The van der Waals surface area contributed by atoms with E-state index in [1.165, 1.54) is 26.4 Å². The molecule has 1 aliphatic rings. The molecule has 0 aliphatic carbocycles. The Morgan fingerprint density at radius 2 is 1.93 bits per heavy atom. The van der Waals surface area contributed by atoms with Crippen LogP contribution in [-0.4, -0.2) is 41.1 Å². The van der Waals surface area contributed by atoms with E-state index in [2.05, 4.69) is 4.72 Å². The summed E-state index contributed by atoms with van der Waals surface area (Å²) in [5.41, 5.74) is 2.04. The number of hydrogen-bond acceptors (Lipinski definition) is 6. The van der Waals surface area contributed by atoms with Crippen molar-refractivity contribution in [1.29, 1.82) is 0 Å². The van der Waals surface area contributed by atoms with Crippen molar-refractivity contribution in [2.75, 3.05) is 25.7 Å². The fourth-order valence-corrected chi connectivity index (χ4v) is 4.66. The van der Waals surface area contributed by atoms with Gasteiger partial charge in [0.15, 0.2) is 0 Å². The molecule has 2 aromatic carbocycles. The summed E-state index contributed by atoms with van der Waals surface area (Å²) < 4.78 is 38.1. The average molecular weight is 432 g/mol. The third-order valence-electron chi connectivity index (χ3n) is 4.97. The zero-order chi connectivity index (χ0) is 21.9. The minimum absolute atomic E-state index is 0.0118. The zero-order valence-corrected chi connectivity index (χ0v) is 17.9. The van der Waals surface area contributed by atoms with Crippen molar-refractivity contribution in [3.63, 3.8) is 0 Å². The number of rotatable bonds is 7. The second kappa shape index (κ2) is 8.85. The monoisotopic (exact) mass is 432 g/mol. The number of methoxy groups -OCH3 is 2. The number of nitrogens with zero attached hydrogens (tertiary/aromatic N) is 1. The van der Waals surface area contributed by atoms with E-state index in [-0.39, 0.29) is 22.9 Å². The molecule has 1 aliphatic heterocycles. The Morgan fingerprint density at radius 1 is 1.17 bits per heavy atom. The highest BCUT2D eigenvalue weighted by Gasteiger charge is 2.24. The maximum atomic E-state index is 12.8. The fraction of sp³-hybridized carbons (Fsp3) is 0.333. The van der Waals surface area contributed by atoms with Gasteiger partial charge >= 0.3 is 5.97 Å². The predicted molar refractivity (Wildman–Crippen MR) is 111 cm³/mol. The Balaban J connectivity index is 1.79. The first-order chi connectivity index (χ1) is 14.3. The summed E-state index contributed by atoms with van der Waals surface area (Å²) in [6.07, 6.45) is 1.31.